The monoisotopic (exact) mass is 459 g/mol. The number of halogens is 1. The maximum atomic E-state index is 12.3. The normalized spacial score (nSPS) is 51.8. The molecule has 0 spiro atoms. The minimum absolute atomic E-state index is 0.000559. The number of esters is 1. The number of methoxy groups -OCH3 is 1. The predicted octanol–water partition coefficient (Wildman–Crippen LogP) is 3.71. The van der Waals surface area contributed by atoms with Crippen molar-refractivity contribution in [3.8, 4) is 0 Å². The number of amides is 1. The highest BCUT2D eigenvalue weighted by Gasteiger charge is 2.62. The lowest BCUT2D eigenvalue weighted by Gasteiger charge is -2.60. The number of hydrogen-bond acceptors (Lipinski definition) is 3. The van der Waals surface area contributed by atoms with Crippen molar-refractivity contribution in [3.63, 3.8) is 0 Å². The quantitative estimate of drug-likeness (QED) is 0.370. The number of carbonyl (C=O) groups is 2. The maximum absolute atomic E-state index is 12.3. The van der Waals surface area contributed by atoms with Gasteiger partial charge in [-0.25, -0.2) is 0 Å². The third-order valence-electron chi connectivity index (χ3n) is 8.57. The molecule has 1 unspecified atom stereocenters. The van der Waals surface area contributed by atoms with Crippen molar-refractivity contribution < 1.29 is 14.3 Å². The summed E-state index contributed by atoms with van der Waals surface area (Å²) in [7, 11) is 1.53. The zero-order valence-electron chi connectivity index (χ0n) is 15.5. The van der Waals surface area contributed by atoms with Gasteiger partial charge in [0.25, 0.3) is 0 Å². The van der Waals surface area contributed by atoms with E-state index in [9.17, 15) is 9.59 Å². The van der Waals surface area contributed by atoms with Gasteiger partial charge >= 0.3 is 5.97 Å². The van der Waals surface area contributed by atoms with Crippen molar-refractivity contribution in [1.29, 1.82) is 0 Å². The Morgan fingerprint density at radius 1 is 1.12 bits per heavy atom. The Morgan fingerprint density at radius 3 is 2.56 bits per heavy atom. The standard InChI is InChI=1S/C20H30INO3/c1-19-9-8-13-11(12(19)5-6-14(19)18(24)25-3)4-7-16-20(13,2)10-15(21)17(23)22-16/h11-16H,4-10H2,1-3H3,(H,22,23)/t11-,12-,13?,14+,15+,16+,19-,20+/m0/s1. The first kappa shape index (κ1) is 18.1. The molecule has 25 heavy (non-hydrogen) atoms. The second-order valence-corrected chi connectivity index (χ2v) is 10.9. The Hall–Kier alpha value is -0.330. The molecule has 1 N–H and O–H groups in total. The van der Waals surface area contributed by atoms with E-state index in [1.807, 2.05) is 0 Å². The van der Waals surface area contributed by atoms with Crippen LogP contribution in [0.2, 0.25) is 0 Å². The van der Waals surface area contributed by atoms with E-state index in [2.05, 4.69) is 41.8 Å². The molecule has 0 bridgehead atoms. The van der Waals surface area contributed by atoms with Gasteiger partial charge in [-0.15, -0.1) is 0 Å². The van der Waals surface area contributed by atoms with Crippen LogP contribution in [-0.4, -0.2) is 29.0 Å². The fourth-order valence-electron chi connectivity index (χ4n) is 7.26. The van der Waals surface area contributed by atoms with Gasteiger partial charge in [-0.1, -0.05) is 36.4 Å². The average molecular weight is 459 g/mol. The Morgan fingerprint density at radius 2 is 1.84 bits per heavy atom. The van der Waals surface area contributed by atoms with Crippen LogP contribution in [0.15, 0.2) is 0 Å². The average Bonchev–Trinajstić information content (AvgIpc) is 2.93. The molecule has 4 fully saturated rings. The molecule has 8 atom stereocenters. The summed E-state index contributed by atoms with van der Waals surface area (Å²) in [6.07, 6.45) is 7.78. The lowest BCUT2D eigenvalue weighted by molar-refractivity contribution is -0.155. The van der Waals surface area contributed by atoms with Gasteiger partial charge in [0.15, 0.2) is 0 Å². The molecule has 1 saturated heterocycles. The van der Waals surface area contributed by atoms with E-state index in [4.69, 9.17) is 4.74 Å². The van der Waals surface area contributed by atoms with Crippen LogP contribution in [0, 0.1) is 34.5 Å². The summed E-state index contributed by atoms with van der Waals surface area (Å²) in [5, 5.41) is 3.33. The Balaban J connectivity index is 1.62. The topological polar surface area (TPSA) is 55.4 Å². The molecule has 3 aliphatic carbocycles. The fourth-order valence-corrected chi connectivity index (χ4v) is 8.39. The third-order valence-corrected chi connectivity index (χ3v) is 9.58. The molecule has 0 aromatic rings. The lowest BCUT2D eigenvalue weighted by atomic mass is 9.47. The van der Waals surface area contributed by atoms with Crippen molar-refractivity contribution in [2.45, 2.75) is 68.8 Å². The number of fused-ring (bicyclic) bond motifs is 5. The first-order chi connectivity index (χ1) is 11.8. The second-order valence-electron chi connectivity index (χ2n) is 9.39. The van der Waals surface area contributed by atoms with Gasteiger partial charge < -0.3 is 10.1 Å². The van der Waals surface area contributed by atoms with Crippen LogP contribution in [-0.2, 0) is 14.3 Å². The Bertz CT molecular complexity index is 595. The van der Waals surface area contributed by atoms with Gasteiger partial charge in [0, 0.05) is 6.04 Å². The van der Waals surface area contributed by atoms with E-state index in [1.54, 1.807) is 0 Å². The molecular weight excluding hydrogens is 429 g/mol. The van der Waals surface area contributed by atoms with Crippen LogP contribution >= 0.6 is 22.6 Å². The van der Waals surface area contributed by atoms with Crippen molar-refractivity contribution in [1.82, 2.24) is 5.32 Å². The number of carbonyl (C=O) groups excluding carboxylic acids is 2. The summed E-state index contributed by atoms with van der Waals surface area (Å²) in [6, 6.07) is 0.342. The molecule has 4 nitrogen and oxygen atoms in total. The minimum Gasteiger partial charge on any atom is -0.469 e. The SMILES string of the molecule is COC(=O)[C@H]1CC[C@H]2[C@@H]3CC[C@H]4NC(=O)[C@H](I)C[C@]4(C)C3CC[C@]12C. The van der Waals surface area contributed by atoms with Gasteiger partial charge in [0.1, 0.15) is 0 Å². The van der Waals surface area contributed by atoms with Crippen molar-refractivity contribution in [3.05, 3.63) is 0 Å². The minimum atomic E-state index is 0.000559. The summed E-state index contributed by atoms with van der Waals surface area (Å²) in [5.41, 5.74) is 0.326. The molecule has 1 heterocycles. The number of piperidine rings is 1. The molecule has 0 aromatic heterocycles. The summed E-state index contributed by atoms with van der Waals surface area (Å²) in [6.45, 7) is 4.77. The lowest BCUT2D eigenvalue weighted by Crippen LogP contribution is -2.63. The van der Waals surface area contributed by atoms with Crippen LogP contribution in [0.25, 0.3) is 0 Å². The number of alkyl halides is 1. The Kier molecular flexibility index (Phi) is 4.40. The molecule has 140 valence electrons. The van der Waals surface area contributed by atoms with Gasteiger partial charge in [0.05, 0.1) is 17.0 Å². The zero-order valence-corrected chi connectivity index (χ0v) is 17.7. The van der Waals surface area contributed by atoms with Crippen molar-refractivity contribution in [2.75, 3.05) is 7.11 Å². The molecule has 5 heteroatoms. The summed E-state index contributed by atoms with van der Waals surface area (Å²) in [4.78, 5) is 24.5. The second kappa shape index (κ2) is 6.10. The molecule has 0 radical (unpaired) electrons. The number of rotatable bonds is 1. The number of nitrogens with one attached hydrogen (secondary N) is 1. The molecule has 0 aromatic carbocycles. The van der Waals surface area contributed by atoms with E-state index in [1.165, 1.54) is 20.0 Å². The van der Waals surface area contributed by atoms with Gasteiger partial charge in [-0.05, 0) is 73.5 Å². The first-order valence-electron chi connectivity index (χ1n) is 9.83. The molecule has 1 amide bonds. The molecule has 1 aliphatic heterocycles. The maximum Gasteiger partial charge on any atom is 0.309 e. The van der Waals surface area contributed by atoms with Gasteiger partial charge in [-0.2, -0.15) is 0 Å². The van der Waals surface area contributed by atoms with Crippen LogP contribution in [0.4, 0.5) is 0 Å². The molecule has 4 aliphatic rings. The fraction of sp³-hybridized carbons (Fsp3) is 0.900. The van der Waals surface area contributed by atoms with Crippen LogP contribution < -0.4 is 5.32 Å². The zero-order chi connectivity index (χ0) is 18.0. The van der Waals surface area contributed by atoms with Gasteiger partial charge in [0.2, 0.25) is 5.91 Å². The summed E-state index contributed by atoms with van der Waals surface area (Å²) in [5.74, 6) is 2.33. The van der Waals surface area contributed by atoms with Crippen LogP contribution in [0.3, 0.4) is 0 Å². The van der Waals surface area contributed by atoms with E-state index >= 15 is 0 Å². The van der Waals surface area contributed by atoms with Crippen LogP contribution in [0.1, 0.15) is 58.8 Å². The molecule has 3 saturated carbocycles. The van der Waals surface area contributed by atoms with E-state index in [0.29, 0.717) is 23.8 Å². The highest BCUT2D eigenvalue weighted by Crippen LogP contribution is 2.65. The molecule has 4 rings (SSSR count). The highest BCUT2D eigenvalue weighted by molar-refractivity contribution is 14.1. The number of hydrogen-bond donors (Lipinski definition) is 1. The van der Waals surface area contributed by atoms with Crippen LogP contribution in [0.5, 0.6) is 0 Å². The van der Waals surface area contributed by atoms with Crippen molar-refractivity contribution in [2.24, 2.45) is 34.5 Å². The van der Waals surface area contributed by atoms with Gasteiger partial charge in [-0.3, -0.25) is 9.59 Å². The third kappa shape index (κ3) is 2.50. The van der Waals surface area contributed by atoms with E-state index < -0.39 is 0 Å². The number of ether oxygens (including phenoxy) is 1. The highest BCUT2D eigenvalue weighted by atomic mass is 127. The van der Waals surface area contributed by atoms with Crippen molar-refractivity contribution >= 4 is 34.5 Å². The molecular formula is C20H30INO3. The smallest absolute Gasteiger partial charge is 0.309 e. The van der Waals surface area contributed by atoms with E-state index in [0.717, 1.165) is 32.1 Å². The van der Waals surface area contributed by atoms with E-state index in [-0.39, 0.29) is 32.5 Å². The summed E-state index contributed by atoms with van der Waals surface area (Å²) < 4.78 is 5.22. The predicted molar refractivity (Wildman–Crippen MR) is 104 cm³/mol. The Labute approximate surface area is 164 Å². The largest absolute Gasteiger partial charge is 0.469 e. The first-order valence-corrected chi connectivity index (χ1v) is 11.1. The summed E-state index contributed by atoms with van der Waals surface area (Å²) >= 11 is 2.32.